The van der Waals surface area contributed by atoms with Gasteiger partial charge in [0.05, 0.1) is 10.6 Å². The zero-order chi connectivity index (χ0) is 13.1. The van der Waals surface area contributed by atoms with Gasteiger partial charge in [-0.25, -0.2) is 0 Å². The summed E-state index contributed by atoms with van der Waals surface area (Å²) in [7, 11) is 0. The van der Waals surface area contributed by atoms with Gasteiger partial charge in [0, 0.05) is 25.2 Å². The lowest BCUT2D eigenvalue weighted by Gasteiger charge is -2.27. The standard InChI is InChI=1S/C12H13N3O3/c13-11-2-1-7-14(12(11)16)8-9-3-5-10(6-4-9)15(17)18/h3-6,13H,1-2,7-8H2. The summed E-state index contributed by atoms with van der Waals surface area (Å²) in [6.07, 6.45) is 1.34. The van der Waals surface area contributed by atoms with Crippen molar-refractivity contribution in [3.63, 3.8) is 0 Å². The molecule has 0 atom stereocenters. The zero-order valence-electron chi connectivity index (χ0n) is 9.76. The lowest BCUT2D eigenvalue weighted by Crippen LogP contribution is -2.40. The highest BCUT2D eigenvalue weighted by Gasteiger charge is 2.23. The Bertz CT molecular complexity index is 496. The third kappa shape index (κ3) is 2.53. The molecule has 1 aliphatic rings. The van der Waals surface area contributed by atoms with Crippen molar-refractivity contribution in [3.05, 3.63) is 39.9 Å². The fourth-order valence-corrected chi connectivity index (χ4v) is 1.94. The van der Waals surface area contributed by atoms with Crippen molar-refractivity contribution < 1.29 is 9.72 Å². The van der Waals surface area contributed by atoms with Crippen molar-refractivity contribution in [3.8, 4) is 0 Å². The van der Waals surface area contributed by atoms with Crippen molar-refractivity contribution in [2.75, 3.05) is 6.54 Å². The number of nitrogens with one attached hydrogen (secondary N) is 1. The number of nitro benzene ring substituents is 1. The molecule has 1 saturated heterocycles. The second-order valence-electron chi connectivity index (χ2n) is 4.23. The minimum absolute atomic E-state index is 0.0384. The summed E-state index contributed by atoms with van der Waals surface area (Å²) in [5.41, 5.74) is 1.02. The maximum Gasteiger partial charge on any atom is 0.269 e. The van der Waals surface area contributed by atoms with Gasteiger partial charge in [0.15, 0.2) is 0 Å². The van der Waals surface area contributed by atoms with E-state index in [1.54, 1.807) is 17.0 Å². The molecule has 0 aliphatic carbocycles. The van der Waals surface area contributed by atoms with Crippen LogP contribution in [0.3, 0.4) is 0 Å². The average Bonchev–Trinajstić information content (AvgIpc) is 2.36. The van der Waals surface area contributed by atoms with Gasteiger partial charge in [-0.15, -0.1) is 0 Å². The summed E-state index contributed by atoms with van der Waals surface area (Å²) >= 11 is 0. The molecule has 0 spiro atoms. The molecule has 1 amide bonds. The highest BCUT2D eigenvalue weighted by molar-refractivity contribution is 6.37. The highest BCUT2D eigenvalue weighted by Crippen LogP contribution is 2.16. The van der Waals surface area contributed by atoms with Crippen LogP contribution in [-0.2, 0) is 11.3 Å². The molecule has 0 aromatic heterocycles. The van der Waals surface area contributed by atoms with Gasteiger partial charge in [0.25, 0.3) is 11.6 Å². The van der Waals surface area contributed by atoms with Crippen LogP contribution in [-0.4, -0.2) is 28.0 Å². The largest absolute Gasteiger partial charge is 0.333 e. The topological polar surface area (TPSA) is 87.3 Å². The van der Waals surface area contributed by atoms with Crippen LogP contribution < -0.4 is 0 Å². The molecule has 6 nitrogen and oxygen atoms in total. The van der Waals surface area contributed by atoms with Crippen LogP contribution in [0.2, 0.25) is 0 Å². The number of hydrogen-bond donors (Lipinski definition) is 1. The smallest absolute Gasteiger partial charge is 0.269 e. The van der Waals surface area contributed by atoms with Crippen molar-refractivity contribution in [1.29, 1.82) is 5.41 Å². The molecular weight excluding hydrogens is 234 g/mol. The fraction of sp³-hybridized carbons (Fsp3) is 0.333. The molecule has 0 bridgehead atoms. The Morgan fingerprint density at radius 3 is 2.61 bits per heavy atom. The molecule has 1 fully saturated rings. The number of benzene rings is 1. The first-order valence-corrected chi connectivity index (χ1v) is 5.68. The van der Waals surface area contributed by atoms with E-state index in [2.05, 4.69) is 0 Å². The van der Waals surface area contributed by atoms with Crippen molar-refractivity contribution in [1.82, 2.24) is 4.90 Å². The van der Waals surface area contributed by atoms with Crippen molar-refractivity contribution in [2.24, 2.45) is 0 Å². The Morgan fingerprint density at radius 2 is 2.00 bits per heavy atom. The number of carbonyl (C=O) groups is 1. The number of rotatable bonds is 3. The van der Waals surface area contributed by atoms with Gasteiger partial charge in [-0.2, -0.15) is 0 Å². The Morgan fingerprint density at radius 1 is 1.33 bits per heavy atom. The Labute approximate surface area is 104 Å². The average molecular weight is 247 g/mol. The third-order valence-electron chi connectivity index (χ3n) is 2.92. The normalized spacial score (nSPS) is 15.9. The molecule has 0 unspecified atom stereocenters. The lowest BCUT2D eigenvalue weighted by molar-refractivity contribution is -0.384. The second-order valence-corrected chi connectivity index (χ2v) is 4.23. The maximum atomic E-state index is 11.7. The predicted molar refractivity (Wildman–Crippen MR) is 65.5 cm³/mol. The Kier molecular flexibility index (Phi) is 3.36. The van der Waals surface area contributed by atoms with Gasteiger partial charge in [0.1, 0.15) is 0 Å². The minimum Gasteiger partial charge on any atom is -0.333 e. The Hall–Kier alpha value is -2.24. The Balaban J connectivity index is 2.07. The van der Waals surface area contributed by atoms with Crippen molar-refractivity contribution >= 4 is 17.3 Å². The van der Waals surface area contributed by atoms with Crippen LogP contribution in [0.5, 0.6) is 0 Å². The number of hydrogen-bond acceptors (Lipinski definition) is 4. The SMILES string of the molecule is N=C1CCCN(Cc2ccc([N+](=O)[O-])cc2)C1=O. The summed E-state index contributed by atoms with van der Waals surface area (Å²) in [5.74, 6) is -0.236. The first kappa shape index (κ1) is 12.2. The molecule has 6 heteroatoms. The minimum atomic E-state index is -0.453. The molecule has 1 heterocycles. The molecule has 2 rings (SSSR count). The van der Waals surface area contributed by atoms with E-state index in [0.717, 1.165) is 12.0 Å². The molecule has 94 valence electrons. The first-order chi connectivity index (χ1) is 8.58. The van der Waals surface area contributed by atoms with Gasteiger partial charge in [-0.05, 0) is 18.4 Å². The van der Waals surface area contributed by atoms with E-state index in [1.165, 1.54) is 12.1 Å². The van der Waals surface area contributed by atoms with Gasteiger partial charge in [-0.1, -0.05) is 12.1 Å². The van der Waals surface area contributed by atoms with Gasteiger partial charge in [-0.3, -0.25) is 20.3 Å². The summed E-state index contributed by atoms with van der Waals surface area (Å²) in [6.45, 7) is 1.04. The quantitative estimate of drug-likeness (QED) is 0.651. The monoisotopic (exact) mass is 247 g/mol. The van der Waals surface area contributed by atoms with Crippen molar-refractivity contribution in [2.45, 2.75) is 19.4 Å². The number of piperidine rings is 1. The lowest BCUT2D eigenvalue weighted by atomic mass is 10.1. The maximum absolute atomic E-state index is 11.7. The van der Waals surface area contributed by atoms with E-state index >= 15 is 0 Å². The van der Waals surface area contributed by atoms with Gasteiger partial charge >= 0.3 is 0 Å². The van der Waals surface area contributed by atoms with Crippen LogP contribution in [0.4, 0.5) is 5.69 Å². The fourth-order valence-electron chi connectivity index (χ4n) is 1.94. The summed E-state index contributed by atoms with van der Waals surface area (Å²) in [6, 6.07) is 6.14. The van der Waals surface area contributed by atoms with E-state index < -0.39 is 4.92 Å². The molecule has 18 heavy (non-hydrogen) atoms. The zero-order valence-corrected chi connectivity index (χ0v) is 9.76. The summed E-state index contributed by atoms with van der Waals surface area (Å²) < 4.78 is 0. The molecule has 1 aromatic carbocycles. The van der Waals surface area contributed by atoms with Crippen LogP contribution >= 0.6 is 0 Å². The highest BCUT2D eigenvalue weighted by atomic mass is 16.6. The van der Waals surface area contributed by atoms with Gasteiger partial charge in [0.2, 0.25) is 0 Å². The van der Waals surface area contributed by atoms with E-state index in [4.69, 9.17) is 5.41 Å². The number of carbonyl (C=O) groups excluding carboxylic acids is 1. The molecular formula is C12H13N3O3. The second kappa shape index (κ2) is 4.95. The number of nitrogens with zero attached hydrogens (tertiary/aromatic N) is 2. The predicted octanol–water partition coefficient (Wildman–Crippen LogP) is 1.74. The molecule has 0 saturated carbocycles. The van der Waals surface area contributed by atoms with Crippen LogP contribution in [0.1, 0.15) is 18.4 Å². The molecule has 1 N–H and O–H groups in total. The first-order valence-electron chi connectivity index (χ1n) is 5.68. The van der Waals surface area contributed by atoms with E-state index in [-0.39, 0.29) is 17.3 Å². The third-order valence-corrected chi connectivity index (χ3v) is 2.92. The van der Waals surface area contributed by atoms with Crippen LogP contribution in [0.15, 0.2) is 24.3 Å². The van der Waals surface area contributed by atoms with Crippen LogP contribution in [0, 0.1) is 15.5 Å². The summed E-state index contributed by atoms with van der Waals surface area (Å²) in [5, 5.41) is 18.0. The number of non-ortho nitro benzene ring substituents is 1. The molecule has 1 aliphatic heterocycles. The molecule has 0 radical (unpaired) electrons. The number of likely N-dealkylation sites (tertiary alicyclic amines) is 1. The summed E-state index contributed by atoms with van der Waals surface area (Å²) in [4.78, 5) is 23.4. The number of nitro groups is 1. The molecule has 1 aromatic rings. The number of amides is 1. The van der Waals surface area contributed by atoms with E-state index in [1.807, 2.05) is 0 Å². The van der Waals surface area contributed by atoms with E-state index in [0.29, 0.717) is 19.5 Å². The van der Waals surface area contributed by atoms with E-state index in [9.17, 15) is 14.9 Å². The van der Waals surface area contributed by atoms with Crippen LogP contribution in [0.25, 0.3) is 0 Å². The van der Waals surface area contributed by atoms with Gasteiger partial charge < -0.3 is 4.90 Å².